The van der Waals surface area contributed by atoms with Crippen molar-refractivity contribution in [3.8, 4) is 5.88 Å². The number of ether oxygens (including phenoxy) is 2. The first kappa shape index (κ1) is 30.4. The number of pyridine rings is 1. The van der Waals surface area contributed by atoms with Gasteiger partial charge in [-0.2, -0.15) is 0 Å². The SMILES string of the molecule is C[C@@H]1[C@@H]2CN(C(=O)[C@H](C(C)(C)C)NC(=O)O[C@]3(C)C[C@H]3CCCCC(F)(F)c3cc4ccc(Cl)cc4nc3O2)[C@@H]1C=O. The Hall–Kier alpha value is -3.01. The highest BCUT2D eigenvalue weighted by atomic mass is 35.5. The Morgan fingerprint density at radius 3 is 2.62 bits per heavy atom. The van der Waals surface area contributed by atoms with Crippen molar-refractivity contribution in [2.24, 2.45) is 17.3 Å². The van der Waals surface area contributed by atoms with Crippen LogP contribution in [0.2, 0.25) is 5.02 Å². The zero-order valence-corrected chi connectivity index (χ0v) is 25.3. The van der Waals surface area contributed by atoms with E-state index in [9.17, 15) is 14.4 Å². The number of aromatic nitrogens is 1. The smallest absolute Gasteiger partial charge is 0.408 e. The van der Waals surface area contributed by atoms with E-state index in [2.05, 4.69) is 10.3 Å². The molecule has 5 rings (SSSR count). The number of hydrogen-bond acceptors (Lipinski definition) is 6. The van der Waals surface area contributed by atoms with E-state index in [4.69, 9.17) is 21.1 Å². The van der Waals surface area contributed by atoms with Gasteiger partial charge in [-0.05, 0) is 49.8 Å². The van der Waals surface area contributed by atoms with Crippen molar-refractivity contribution in [2.75, 3.05) is 6.54 Å². The molecule has 228 valence electrons. The number of alkyl carbamates (subject to hydrolysis) is 1. The molecule has 0 spiro atoms. The van der Waals surface area contributed by atoms with Gasteiger partial charge in [0.2, 0.25) is 11.8 Å². The summed E-state index contributed by atoms with van der Waals surface area (Å²) >= 11 is 6.17. The van der Waals surface area contributed by atoms with Crippen LogP contribution in [0.4, 0.5) is 13.6 Å². The number of halogens is 3. The van der Waals surface area contributed by atoms with Gasteiger partial charge in [0, 0.05) is 28.7 Å². The van der Waals surface area contributed by atoms with E-state index in [0.29, 0.717) is 41.5 Å². The fourth-order valence-electron chi connectivity index (χ4n) is 6.19. The number of amides is 2. The number of nitrogens with one attached hydrogen (secondary N) is 1. The minimum Gasteiger partial charge on any atom is -0.472 e. The molecule has 2 amide bonds. The molecule has 42 heavy (non-hydrogen) atoms. The molecule has 11 heteroatoms. The fourth-order valence-corrected chi connectivity index (χ4v) is 6.36. The zero-order valence-electron chi connectivity index (χ0n) is 24.6. The summed E-state index contributed by atoms with van der Waals surface area (Å²) in [7, 11) is 0. The third kappa shape index (κ3) is 5.92. The summed E-state index contributed by atoms with van der Waals surface area (Å²) in [4.78, 5) is 45.0. The molecule has 1 aliphatic carbocycles. The number of carbonyl (C=O) groups is 3. The quantitative estimate of drug-likeness (QED) is 0.385. The van der Waals surface area contributed by atoms with Crippen molar-refractivity contribution in [1.29, 1.82) is 0 Å². The van der Waals surface area contributed by atoms with Crippen molar-refractivity contribution >= 4 is 40.8 Å². The topological polar surface area (TPSA) is 97.8 Å². The first-order valence-corrected chi connectivity index (χ1v) is 14.9. The second-order valence-electron chi connectivity index (χ2n) is 13.3. The summed E-state index contributed by atoms with van der Waals surface area (Å²) in [5, 5.41) is 3.66. The van der Waals surface area contributed by atoms with E-state index in [0.717, 1.165) is 0 Å². The molecule has 2 aromatic rings. The van der Waals surface area contributed by atoms with Crippen molar-refractivity contribution in [1.82, 2.24) is 15.2 Å². The monoisotopic (exact) mass is 605 g/mol. The second kappa shape index (κ2) is 10.9. The lowest BCUT2D eigenvalue weighted by atomic mass is 9.85. The summed E-state index contributed by atoms with van der Waals surface area (Å²) < 4.78 is 43.6. The Bertz CT molecular complexity index is 1400. The van der Waals surface area contributed by atoms with Gasteiger partial charge in [0.25, 0.3) is 5.92 Å². The number of hydrogen-bond donors (Lipinski definition) is 1. The highest BCUT2D eigenvalue weighted by Crippen LogP contribution is 2.50. The molecule has 1 N–H and O–H groups in total. The first-order chi connectivity index (χ1) is 19.6. The van der Waals surface area contributed by atoms with Crippen LogP contribution < -0.4 is 10.1 Å². The lowest BCUT2D eigenvalue weighted by molar-refractivity contribution is -0.139. The summed E-state index contributed by atoms with van der Waals surface area (Å²) in [5.74, 6) is -4.45. The maximum atomic E-state index is 15.9. The van der Waals surface area contributed by atoms with E-state index in [1.54, 1.807) is 25.1 Å². The lowest BCUT2D eigenvalue weighted by Gasteiger charge is -2.35. The van der Waals surface area contributed by atoms with Crippen molar-refractivity contribution in [3.63, 3.8) is 0 Å². The van der Waals surface area contributed by atoms with Crippen LogP contribution in [0, 0.1) is 17.3 Å². The van der Waals surface area contributed by atoms with E-state index >= 15 is 8.78 Å². The van der Waals surface area contributed by atoms with Crippen molar-refractivity contribution < 1.29 is 32.6 Å². The molecule has 0 radical (unpaired) electrons. The number of alkyl halides is 2. The van der Waals surface area contributed by atoms with Gasteiger partial charge in [-0.3, -0.25) is 4.79 Å². The van der Waals surface area contributed by atoms with Crippen molar-refractivity contribution in [2.45, 2.75) is 96.4 Å². The molecule has 2 bridgehead atoms. The van der Waals surface area contributed by atoms with Crippen LogP contribution in [0.25, 0.3) is 10.9 Å². The van der Waals surface area contributed by atoms with Gasteiger partial charge in [-0.15, -0.1) is 0 Å². The van der Waals surface area contributed by atoms with E-state index in [1.165, 1.54) is 11.0 Å². The molecular weight excluding hydrogens is 568 g/mol. The minimum atomic E-state index is -3.25. The van der Waals surface area contributed by atoms with E-state index < -0.39 is 59.5 Å². The maximum absolute atomic E-state index is 15.9. The summed E-state index contributed by atoms with van der Waals surface area (Å²) in [6.45, 7) is 8.94. The molecule has 3 aliphatic rings. The Balaban J connectivity index is 1.56. The number of fused-ring (bicyclic) bond motifs is 5. The van der Waals surface area contributed by atoms with Gasteiger partial charge in [-0.1, -0.05) is 51.8 Å². The Kier molecular flexibility index (Phi) is 7.92. The zero-order chi connectivity index (χ0) is 30.6. The molecule has 3 heterocycles. The highest BCUT2D eigenvalue weighted by Gasteiger charge is 2.54. The summed E-state index contributed by atoms with van der Waals surface area (Å²) in [5.41, 5.74) is -1.37. The fraction of sp³-hybridized carbons (Fsp3) is 0.613. The van der Waals surface area contributed by atoms with Crippen LogP contribution in [-0.2, 0) is 20.2 Å². The standard InChI is InChI=1S/C31H38ClF2N3O5/c1-17-23(16-38)37-15-24(17)41-26-21(12-18-9-10-20(32)13-22(18)35-26)31(33,34)11-7-6-8-19-14-30(19,5)42-28(40)36-25(27(37)39)29(2,3)4/h9-10,12-13,16-17,19,23-25H,6-8,11,14-15H2,1-5H3,(H,36,40)/t17-,19+,23+,24-,25+,30+/m0/s1. The van der Waals surface area contributed by atoms with Crippen LogP contribution in [0.1, 0.15) is 72.3 Å². The van der Waals surface area contributed by atoms with Crippen LogP contribution in [-0.4, -0.2) is 58.5 Å². The van der Waals surface area contributed by atoms with Gasteiger partial charge in [0.1, 0.15) is 24.0 Å². The second-order valence-corrected chi connectivity index (χ2v) is 13.7. The number of nitrogens with zero attached hydrogens (tertiary/aromatic N) is 2. The Labute approximate surface area is 249 Å². The van der Waals surface area contributed by atoms with E-state index in [1.807, 2.05) is 27.7 Å². The Morgan fingerprint density at radius 2 is 1.93 bits per heavy atom. The molecule has 0 unspecified atom stereocenters. The molecule has 1 aromatic heterocycles. The molecule has 6 atom stereocenters. The Morgan fingerprint density at radius 1 is 1.19 bits per heavy atom. The summed E-state index contributed by atoms with van der Waals surface area (Å²) in [6, 6.07) is 4.34. The number of carbonyl (C=O) groups excluding carboxylic acids is 3. The molecule has 8 nitrogen and oxygen atoms in total. The average molecular weight is 606 g/mol. The number of rotatable bonds is 1. The van der Waals surface area contributed by atoms with Gasteiger partial charge in [0.15, 0.2) is 0 Å². The molecule has 1 saturated heterocycles. The maximum Gasteiger partial charge on any atom is 0.408 e. The van der Waals surface area contributed by atoms with Gasteiger partial charge in [0.05, 0.1) is 23.7 Å². The van der Waals surface area contributed by atoms with E-state index in [-0.39, 0.29) is 30.3 Å². The third-order valence-corrected chi connectivity index (χ3v) is 9.27. The predicted octanol–water partition coefficient (Wildman–Crippen LogP) is 6.27. The largest absolute Gasteiger partial charge is 0.472 e. The normalized spacial score (nSPS) is 32.0. The summed E-state index contributed by atoms with van der Waals surface area (Å²) in [6.07, 6.45) is 0.770. The molecule has 1 saturated carbocycles. The third-order valence-electron chi connectivity index (χ3n) is 9.04. The van der Waals surface area contributed by atoms with Crippen LogP contribution in [0.5, 0.6) is 5.88 Å². The molecule has 2 fully saturated rings. The number of aldehydes is 1. The van der Waals surface area contributed by atoms with Crippen LogP contribution >= 0.6 is 11.6 Å². The predicted molar refractivity (Wildman–Crippen MR) is 154 cm³/mol. The molecule has 2 aliphatic heterocycles. The van der Waals surface area contributed by atoms with Crippen LogP contribution in [0.3, 0.4) is 0 Å². The van der Waals surface area contributed by atoms with Crippen molar-refractivity contribution in [3.05, 3.63) is 34.9 Å². The molecular formula is C31H38ClF2N3O5. The minimum absolute atomic E-state index is 0.0464. The highest BCUT2D eigenvalue weighted by molar-refractivity contribution is 6.31. The van der Waals surface area contributed by atoms with Gasteiger partial charge < -0.3 is 24.5 Å². The van der Waals surface area contributed by atoms with Gasteiger partial charge >= 0.3 is 6.09 Å². The first-order valence-electron chi connectivity index (χ1n) is 14.5. The van der Waals surface area contributed by atoms with Gasteiger partial charge in [-0.25, -0.2) is 18.6 Å². The number of benzene rings is 1. The lowest BCUT2D eigenvalue weighted by Crippen LogP contribution is -2.56. The average Bonchev–Trinajstić information content (AvgIpc) is 3.42. The molecule has 1 aromatic carbocycles. The van der Waals surface area contributed by atoms with Crippen LogP contribution in [0.15, 0.2) is 24.3 Å².